The Morgan fingerprint density at radius 1 is 1.15 bits per heavy atom. The molecule has 3 fully saturated rings. The van der Waals surface area contributed by atoms with Gasteiger partial charge in [0.15, 0.2) is 0 Å². The number of anilines is 1. The molecule has 1 aromatic rings. The number of carbonyl (C=O) groups is 1. The summed E-state index contributed by atoms with van der Waals surface area (Å²) in [6.07, 6.45) is 11.3. The van der Waals surface area contributed by atoms with E-state index in [0.717, 1.165) is 37.3 Å². The van der Waals surface area contributed by atoms with Crippen LogP contribution in [0, 0.1) is 5.92 Å². The zero-order valence-electron chi connectivity index (χ0n) is 15.9. The molecule has 3 aliphatic heterocycles. The van der Waals surface area contributed by atoms with E-state index < -0.39 is 0 Å². The summed E-state index contributed by atoms with van der Waals surface area (Å²) >= 11 is 0. The molecule has 4 heterocycles. The van der Waals surface area contributed by atoms with Gasteiger partial charge in [-0.15, -0.1) is 24.8 Å². The van der Waals surface area contributed by atoms with Gasteiger partial charge in [0.25, 0.3) is 0 Å². The summed E-state index contributed by atoms with van der Waals surface area (Å²) in [6.45, 7) is 2.81. The number of hydrogen-bond acceptors (Lipinski definition) is 4. The Balaban J connectivity index is 0.00000131. The van der Waals surface area contributed by atoms with E-state index in [0.29, 0.717) is 31.0 Å². The van der Waals surface area contributed by atoms with Gasteiger partial charge in [-0.2, -0.15) is 0 Å². The van der Waals surface area contributed by atoms with E-state index in [2.05, 4.69) is 26.6 Å². The Kier molecular flexibility index (Phi) is 8.64. The van der Waals surface area contributed by atoms with Gasteiger partial charge in [0.2, 0.25) is 5.91 Å². The molecular formula is C20H32Cl2N4O. The number of nitrogens with zero attached hydrogens (tertiary/aromatic N) is 2. The van der Waals surface area contributed by atoms with Crippen molar-refractivity contribution in [3.63, 3.8) is 0 Å². The van der Waals surface area contributed by atoms with Gasteiger partial charge in [0, 0.05) is 44.3 Å². The standard InChI is InChI=1S/C20H30N4O.2ClH/c25-20(13-16-10-17-4-5-18(11-16)23-17)22-14-15-6-7-21-19(12-15)24-8-2-1-3-9-24;;/h6-7,12,16-18,23H,1-5,8-11,13-14H2,(H,22,25);2*1H. The van der Waals surface area contributed by atoms with Crippen molar-refractivity contribution in [1.29, 1.82) is 0 Å². The first-order chi connectivity index (χ1) is 12.3. The van der Waals surface area contributed by atoms with E-state index in [1.165, 1.54) is 32.1 Å². The molecule has 0 aliphatic carbocycles. The monoisotopic (exact) mass is 414 g/mol. The summed E-state index contributed by atoms with van der Waals surface area (Å²) in [7, 11) is 0. The Bertz CT molecular complexity index is 597. The zero-order chi connectivity index (χ0) is 17.1. The van der Waals surface area contributed by atoms with Crippen LogP contribution in [0.5, 0.6) is 0 Å². The summed E-state index contributed by atoms with van der Waals surface area (Å²) < 4.78 is 0. The average Bonchev–Trinajstić information content (AvgIpc) is 2.99. The second-order valence-corrected chi connectivity index (χ2v) is 8.03. The van der Waals surface area contributed by atoms with Crippen molar-refractivity contribution >= 4 is 36.5 Å². The predicted molar refractivity (Wildman–Crippen MR) is 114 cm³/mol. The first kappa shape index (κ1) is 22.3. The number of piperidine rings is 2. The molecule has 27 heavy (non-hydrogen) atoms. The molecule has 152 valence electrons. The van der Waals surface area contributed by atoms with Crippen molar-refractivity contribution in [2.75, 3.05) is 18.0 Å². The zero-order valence-corrected chi connectivity index (χ0v) is 17.5. The van der Waals surface area contributed by atoms with Gasteiger partial charge in [-0.05, 0) is 68.6 Å². The van der Waals surface area contributed by atoms with Gasteiger partial charge < -0.3 is 15.5 Å². The maximum atomic E-state index is 12.3. The molecular weight excluding hydrogens is 383 g/mol. The summed E-state index contributed by atoms with van der Waals surface area (Å²) in [5, 5.41) is 6.77. The van der Waals surface area contributed by atoms with E-state index in [4.69, 9.17) is 0 Å². The van der Waals surface area contributed by atoms with E-state index in [9.17, 15) is 4.79 Å². The molecule has 2 bridgehead atoms. The maximum Gasteiger partial charge on any atom is 0.220 e. The normalized spacial score (nSPS) is 26.7. The molecule has 3 aliphatic rings. The number of nitrogens with one attached hydrogen (secondary N) is 2. The van der Waals surface area contributed by atoms with Gasteiger partial charge in [0.1, 0.15) is 5.82 Å². The Morgan fingerprint density at radius 2 is 1.85 bits per heavy atom. The molecule has 0 radical (unpaired) electrons. The molecule has 5 nitrogen and oxygen atoms in total. The summed E-state index contributed by atoms with van der Waals surface area (Å²) in [5.74, 6) is 1.81. The molecule has 0 saturated carbocycles. The Labute approximate surface area is 174 Å². The second kappa shape index (κ2) is 10.5. The van der Waals surface area contributed by atoms with Crippen LogP contribution >= 0.6 is 24.8 Å². The largest absolute Gasteiger partial charge is 0.357 e. The fourth-order valence-electron chi connectivity index (χ4n) is 4.74. The quantitative estimate of drug-likeness (QED) is 0.774. The van der Waals surface area contributed by atoms with Crippen LogP contribution in [0.2, 0.25) is 0 Å². The van der Waals surface area contributed by atoms with Crippen molar-refractivity contribution in [3.05, 3.63) is 23.9 Å². The molecule has 7 heteroatoms. The third kappa shape index (κ3) is 5.97. The van der Waals surface area contributed by atoms with Gasteiger partial charge >= 0.3 is 0 Å². The topological polar surface area (TPSA) is 57.3 Å². The van der Waals surface area contributed by atoms with Crippen molar-refractivity contribution in [1.82, 2.24) is 15.6 Å². The highest BCUT2D eigenvalue weighted by Crippen LogP contribution is 2.32. The van der Waals surface area contributed by atoms with Crippen LogP contribution in [0.3, 0.4) is 0 Å². The van der Waals surface area contributed by atoms with Crippen LogP contribution in [-0.2, 0) is 11.3 Å². The first-order valence-electron chi connectivity index (χ1n) is 9.99. The van der Waals surface area contributed by atoms with Crippen molar-refractivity contribution in [2.45, 2.75) is 70.0 Å². The molecule has 0 spiro atoms. The highest BCUT2D eigenvalue weighted by atomic mass is 35.5. The van der Waals surface area contributed by atoms with Crippen molar-refractivity contribution in [2.24, 2.45) is 5.92 Å². The van der Waals surface area contributed by atoms with E-state index in [1.54, 1.807) is 0 Å². The van der Waals surface area contributed by atoms with Gasteiger partial charge in [-0.3, -0.25) is 4.79 Å². The van der Waals surface area contributed by atoms with Crippen LogP contribution in [0.15, 0.2) is 18.3 Å². The van der Waals surface area contributed by atoms with Crippen LogP contribution in [0.1, 0.15) is 56.9 Å². The van der Waals surface area contributed by atoms with Crippen LogP contribution in [-0.4, -0.2) is 36.1 Å². The average molecular weight is 415 g/mol. The van der Waals surface area contributed by atoms with Crippen LogP contribution < -0.4 is 15.5 Å². The molecule has 2 N–H and O–H groups in total. The highest BCUT2D eigenvalue weighted by molar-refractivity contribution is 5.85. The third-order valence-electron chi connectivity index (χ3n) is 6.02. The lowest BCUT2D eigenvalue weighted by Gasteiger charge is -2.28. The number of halogens is 2. The number of rotatable bonds is 5. The number of hydrogen-bond donors (Lipinski definition) is 2. The predicted octanol–water partition coefficient (Wildman–Crippen LogP) is 3.45. The highest BCUT2D eigenvalue weighted by Gasteiger charge is 2.34. The molecule has 2 atom stereocenters. The minimum atomic E-state index is 0. The van der Waals surface area contributed by atoms with Gasteiger partial charge in [-0.1, -0.05) is 0 Å². The lowest BCUT2D eigenvalue weighted by Crippen LogP contribution is -2.39. The van der Waals surface area contributed by atoms with Crippen molar-refractivity contribution < 1.29 is 4.79 Å². The molecule has 3 saturated heterocycles. The number of pyridine rings is 1. The summed E-state index contributed by atoms with van der Waals surface area (Å²) in [5.41, 5.74) is 1.15. The van der Waals surface area contributed by atoms with Crippen molar-refractivity contribution in [3.8, 4) is 0 Å². The van der Waals surface area contributed by atoms with E-state index >= 15 is 0 Å². The van der Waals surface area contributed by atoms with Gasteiger partial charge in [0.05, 0.1) is 0 Å². The van der Waals surface area contributed by atoms with Crippen LogP contribution in [0.4, 0.5) is 5.82 Å². The molecule has 0 aromatic carbocycles. The van der Waals surface area contributed by atoms with E-state index in [-0.39, 0.29) is 30.7 Å². The first-order valence-corrected chi connectivity index (χ1v) is 9.99. The lowest BCUT2D eigenvalue weighted by atomic mass is 9.89. The number of carbonyl (C=O) groups excluding carboxylic acids is 1. The summed E-state index contributed by atoms with van der Waals surface area (Å²) in [4.78, 5) is 19.2. The SMILES string of the molecule is Cl.Cl.O=C(CC1CC2CCC(C1)N2)NCc1ccnc(N2CCCCC2)c1. The number of amides is 1. The molecule has 1 aromatic heterocycles. The second-order valence-electron chi connectivity index (χ2n) is 8.03. The molecule has 4 rings (SSSR count). The Morgan fingerprint density at radius 3 is 2.56 bits per heavy atom. The number of aromatic nitrogens is 1. The molecule has 2 unspecified atom stereocenters. The maximum absolute atomic E-state index is 12.3. The fraction of sp³-hybridized carbons (Fsp3) is 0.700. The van der Waals surface area contributed by atoms with Crippen LogP contribution in [0.25, 0.3) is 0 Å². The minimum absolute atomic E-state index is 0. The van der Waals surface area contributed by atoms with E-state index in [1.807, 2.05) is 12.3 Å². The smallest absolute Gasteiger partial charge is 0.220 e. The van der Waals surface area contributed by atoms with Gasteiger partial charge in [-0.25, -0.2) is 4.98 Å². The summed E-state index contributed by atoms with van der Waals surface area (Å²) in [6, 6.07) is 5.46. The lowest BCUT2D eigenvalue weighted by molar-refractivity contribution is -0.122. The molecule has 1 amide bonds. The fourth-order valence-corrected chi connectivity index (χ4v) is 4.74. The third-order valence-corrected chi connectivity index (χ3v) is 6.02. The Hall–Kier alpha value is -1.04. The minimum Gasteiger partial charge on any atom is -0.357 e. The number of fused-ring (bicyclic) bond motifs is 2.